The second kappa shape index (κ2) is 8.14. The lowest BCUT2D eigenvalue weighted by atomic mass is 9.52. The number of benzene rings is 6. The maximum atomic E-state index is 6.96. The average molecular weight is 510 g/mol. The molecule has 3 nitrogen and oxygen atoms in total. The van der Waals surface area contributed by atoms with Gasteiger partial charge in [-0.3, -0.25) is 0 Å². The number of para-hydroxylation sites is 5. The summed E-state index contributed by atoms with van der Waals surface area (Å²) in [5.74, 6) is 0.858. The number of hydrogen-bond donors (Lipinski definition) is 0. The molecule has 0 bridgehead atoms. The zero-order valence-electron chi connectivity index (χ0n) is 21.7. The molecule has 1 aliphatic heterocycles. The summed E-state index contributed by atoms with van der Waals surface area (Å²) in [6, 6.07) is 49.6. The Morgan fingerprint density at radius 3 is 1.68 bits per heavy atom. The van der Waals surface area contributed by atoms with Gasteiger partial charge in [-0.05, 0) is 47.9 Å². The number of aromatic nitrogens is 2. The fourth-order valence-corrected chi connectivity index (χ4v) is 6.78. The molecule has 0 N–H and O–H groups in total. The summed E-state index contributed by atoms with van der Waals surface area (Å²) < 4.78 is 11.8. The van der Waals surface area contributed by atoms with E-state index in [0.29, 0.717) is 0 Å². The standard InChI is InChI=1S/C36H23BN2O/c1-2-12-24(13-3-1)40-37-29-17-7-11-21-33(29)39-32-20-10-6-16-27(32)28-22-23-34(35(37)36(28)39)38-30-18-8-4-14-25(30)26-15-5-9-19-31(26)38/h1-23H. The molecule has 0 unspecified atom stereocenters. The molecule has 0 fully saturated rings. The summed E-state index contributed by atoms with van der Waals surface area (Å²) in [7, 11) is 0. The van der Waals surface area contributed by atoms with Crippen LogP contribution < -0.4 is 15.6 Å². The molecule has 0 saturated carbocycles. The Labute approximate surface area is 231 Å². The van der Waals surface area contributed by atoms with E-state index in [1.807, 2.05) is 30.3 Å². The predicted molar refractivity (Wildman–Crippen MR) is 167 cm³/mol. The van der Waals surface area contributed by atoms with Crippen molar-refractivity contribution in [3.63, 3.8) is 0 Å². The lowest BCUT2D eigenvalue weighted by Crippen LogP contribution is -2.53. The van der Waals surface area contributed by atoms with Crippen LogP contribution in [0.15, 0.2) is 140 Å². The number of hydrogen-bond acceptors (Lipinski definition) is 1. The molecule has 0 amide bonds. The smallest absolute Gasteiger partial charge is 0.432 e. The highest BCUT2D eigenvalue weighted by Crippen LogP contribution is 2.37. The van der Waals surface area contributed by atoms with Crippen LogP contribution in [0, 0.1) is 0 Å². The maximum Gasteiger partial charge on any atom is 0.432 e. The van der Waals surface area contributed by atoms with E-state index in [1.54, 1.807) is 0 Å². The third kappa shape index (κ3) is 2.85. The quantitative estimate of drug-likeness (QED) is 0.227. The lowest BCUT2D eigenvalue weighted by Gasteiger charge is -2.28. The van der Waals surface area contributed by atoms with Crippen molar-refractivity contribution >= 4 is 61.5 Å². The molecule has 6 aromatic carbocycles. The van der Waals surface area contributed by atoms with Crippen LogP contribution >= 0.6 is 0 Å². The van der Waals surface area contributed by atoms with E-state index >= 15 is 0 Å². The van der Waals surface area contributed by atoms with Crippen LogP contribution in [0.5, 0.6) is 5.75 Å². The SMILES string of the molecule is c1ccc(OB2c3ccccc3-n3c4ccccc4c4ccc(-n5c6ccccc6c6ccccc65)c2c43)cc1. The van der Waals surface area contributed by atoms with Crippen LogP contribution in [0.25, 0.3) is 55.0 Å². The van der Waals surface area contributed by atoms with E-state index < -0.39 is 0 Å². The molecule has 2 aromatic heterocycles. The fraction of sp³-hybridized carbons (Fsp3) is 0. The van der Waals surface area contributed by atoms with Gasteiger partial charge in [0.1, 0.15) is 0 Å². The van der Waals surface area contributed by atoms with E-state index in [0.717, 1.165) is 16.9 Å². The largest absolute Gasteiger partial charge is 0.551 e. The second-order valence-corrected chi connectivity index (χ2v) is 10.5. The first kappa shape index (κ1) is 21.7. The minimum Gasteiger partial charge on any atom is -0.551 e. The molecule has 0 spiro atoms. The highest BCUT2D eigenvalue weighted by atomic mass is 16.4. The molecule has 1 aliphatic rings. The van der Waals surface area contributed by atoms with Crippen molar-refractivity contribution in [3.8, 4) is 17.1 Å². The monoisotopic (exact) mass is 510 g/mol. The Bertz CT molecular complexity index is 2210. The summed E-state index contributed by atoms with van der Waals surface area (Å²) in [6.45, 7) is -0.283. The minimum atomic E-state index is -0.283. The fourth-order valence-electron chi connectivity index (χ4n) is 6.78. The van der Waals surface area contributed by atoms with Gasteiger partial charge in [0.2, 0.25) is 0 Å². The molecule has 0 saturated heterocycles. The van der Waals surface area contributed by atoms with Crippen LogP contribution in [0.2, 0.25) is 0 Å². The summed E-state index contributed by atoms with van der Waals surface area (Å²) in [5.41, 5.74) is 9.46. The van der Waals surface area contributed by atoms with Gasteiger partial charge in [0.05, 0.1) is 27.8 Å². The molecule has 186 valence electrons. The van der Waals surface area contributed by atoms with Gasteiger partial charge in [-0.2, -0.15) is 0 Å². The summed E-state index contributed by atoms with van der Waals surface area (Å²) in [5, 5.41) is 5.00. The van der Waals surface area contributed by atoms with E-state index in [9.17, 15) is 0 Å². The summed E-state index contributed by atoms with van der Waals surface area (Å²) in [4.78, 5) is 0. The first-order valence-corrected chi connectivity index (χ1v) is 13.7. The van der Waals surface area contributed by atoms with Gasteiger partial charge in [-0.15, -0.1) is 0 Å². The minimum absolute atomic E-state index is 0.283. The van der Waals surface area contributed by atoms with Crippen molar-refractivity contribution in [2.45, 2.75) is 0 Å². The Kier molecular flexibility index (Phi) is 4.41. The van der Waals surface area contributed by atoms with Gasteiger partial charge < -0.3 is 13.8 Å². The topological polar surface area (TPSA) is 19.1 Å². The Morgan fingerprint density at radius 1 is 0.425 bits per heavy atom. The van der Waals surface area contributed by atoms with Crippen molar-refractivity contribution in [1.82, 2.24) is 9.13 Å². The van der Waals surface area contributed by atoms with Gasteiger partial charge in [0.15, 0.2) is 0 Å². The van der Waals surface area contributed by atoms with Crippen molar-refractivity contribution < 1.29 is 4.65 Å². The summed E-state index contributed by atoms with van der Waals surface area (Å²) in [6.07, 6.45) is 0. The van der Waals surface area contributed by atoms with Gasteiger partial charge in [-0.1, -0.05) is 97.1 Å². The lowest BCUT2D eigenvalue weighted by molar-refractivity contribution is 0.591. The van der Waals surface area contributed by atoms with Crippen LogP contribution in [0.4, 0.5) is 0 Å². The zero-order chi connectivity index (χ0) is 26.2. The molecule has 40 heavy (non-hydrogen) atoms. The highest BCUT2D eigenvalue weighted by Gasteiger charge is 2.38. The molecule has 8 aromatic rings. The average Bonchev–Trinajstić information content (AvgIpc) is 3.53. The van der Waals surface area contributed by atoms with Crippen LogP contribution in [-0.4, -0.2) is 16.0 Å². The number of nitrogens with zero attached hydrogens (tertiary/aromatic N) is 2. The van der Waals surface area contributed by atoms with E-state index in [1.165, 1.54) is 54.8 Å². The van der Waals surface area contributed by atoms with E-state index in [4.69, 9.17) is 4.65 Å². The molecular formula is C36H23BN2O. The van der Waals surface area contributed by atoms with Crippen LogP contribution in [-0.2, 0) is 0 Å². The third-order valence-corrected chi connectivity index (χ3v) is 8.39. The van der Waals surface area contributed by atoms with Crippen molar-refractivity contribution in [3.05, 3.63) is 140 Å². The molecule has 0 atom stereocenters. The van der Waals surface area contributed by atoms with Gasteiger partial charge in [-0.25, -0.2) is 0 Å². The van der Waals surface area contributed by atoms with Crippen molar-refractivity contribution in [2.75, 3.05) is 0 Å². The van der Waals surface area contributed by atoms with Crippen molar-refractivity contribution in [1.29, 1.82) is 0 Å². The van der Waals surface area contributed by atoms with Crippen LogP contribution in [0.3, 0.4) is 0 Å². The van der Waals surface area contributed by atoms with Gasteiger partial charge >= 0.3 is 6.92 Å². The second-order valence-electron chi connectivity index (χ2n) is 10.5. The number of rotatable bonds is 3. The van der Waals surface area contributed by atoms with Crippen LogP contribution in [0.1, 0.15) is 0 Å². The van der Waals surface area contributed by atoms with Gasteiger partial charge in [0.25, 0.3) is 0 Å². The van der Waals surface area contributed by atoms with E-state index in [-0.39, 0.29) is 6.92 Å². The molecule has 4 heteroatoms. The van der Waals surface area contributed by atoms with Gasteiger partial charge in [0, 0.05) is 38.4 Å². The molecular weight excluding hydrogens is 487 g/mol. The predicted octanol–water partition coefficient (Wildman–Crippen LogP) is 7.38. The normalized spacial score (nSPS) is 12.4. The van der Waals surface area contributed by atoms with Crippen molar-refractivity contribution in [2.24, 2.45) is 0 Å². The first-order chi connectivity index (χ1) is 19.9. The highest BCUT2D eigenvalue weighted by molar-refractivity contribution is 6.85. The molecule has 3 heterocycles. The molecule has 9 rings (SSSR count). The molecule has 0 radical (unpaired) electrons. The number of fused-ring (bicyclic) bond motifs is 8. The summed E-state index contributed by atoms with van der Waals surface area (Å²) >= 11 is 0. The Hall–Kier alpha value is -5.22. The molecule has 0 aliphatic carbocycles. The van der Waals surface area contributed by atoms with E-state index in [2.05, 4.69) is 118 Å². The Balaban J connectivity index is 1.48. The maximum absolute atomic E-state index is 6.96. The Morgan fingerprint density at radius 2 is 0.975 bits per heavy atom. The first-order valence-electron chi connectivity index (χ1n) is 13.7. The zero-order valence-corrected chi connectivity index (χ0v) is 21.7. The third-order valence-electron chi connectivity index (χ3n) is 8.39.